The van der Waals surface area contributed by atoms with Crippen LogP contribution in [0, 0.1) is 0 Å². The van der Waals surface area contributed by atoms with E-state index in [1.807, 2.05) is 16.2 Å². The first-order chi connectivity index (χ1) is 9.24. The molecule has 1 aliphatic heterocycles. The summed E-state index contributed by atoms with van der Waals surface area (Å²) in [5.74, 6) is 1.12. The number of nitrogens with zero attached hydrogens (tertiary/aromatic N) is 2. The smallest absolute Gasteiger partial charge is 0.0438 e. The molecular weight excluding hydrogens is 276 g/mol. The zero-order valence-electron chi connectivity index (χ0n) is 11.8. The Labute approximate surface area is 126 Å². The van der Waals surface area contributed by atoms with Gasteiger partial charge in [-0.15, -0.1) is 0 Å². The van der Waals surface area contributed by atoms with Crippen LogP contribution in [0.3, 0.4) is 0 Å². The number of halogens is 1. The second kappa shape index (κ2) is 7.41. The van der Waals surface area contributed by atoms with Crippen molar-refractivity contribution in [2.24, 2.45) is 0 Å². The number of benzene rings is 1. The Hall–Kier alpha value is -0.380. The van der Waals surface area contributed by atoms with Gasteiger partial charge in [0, 0.05) is 42.9 Å². The molecule has 1 fully saturated rings. The predicted octanol–water partition coefficient (Wildman–Crippen LogP) is 4.17. The third-order valence-electron chi connectivity index (χ3n) is 3.52. The summed E-state index contributed by atoms with van der Waals surface area (Å²) in [6.07, 6.45) is 1.19. The number of thioether (sulfide) groups is 1. The number of hydrogen-bond donors (Lipinski definition) is 0. The molecule has 2 nitrogen and oxygen atoms in total. The van der Waals surface area contributed by atoms with E-state index in [-0.39, 0.29) is 0 Å². The molecule has 1 unspecified atom stereocenters. The summed E-state index contributed by atoms with van der Waals surface area (Å²) >= 11 is 8.13. The molecule has 0 spiro atoms. The number of hydrogen-bond acceptors (Lipinski definition) is 3. The van der Waals surface area contributed by atoms with Gasteiger partial charge in [-0.3, -0.25) is 0 Å². The topological polar surface area (TPSA) is 6.48 Å². The molecule has 4 heteroatoms. The molecule has 106 valence electrons. The van der Waals surface area contributed by atoms with Crippen molar-refractivity contribution in [3.63, 3.8) is 0 Å². The van der Waals surface area contributed by atoms with Crippen LogP contribution in [0.5, 0.6) is 0 Å². The summed E-state index contributed by atoms with van der Waals surface area (Å²) < 4.78 is 1.91. The molecule has 2 rings (SSSR count). The van der Waals surface area contributed by atoms with E-state index in [0.29, 0.717) is 5.25 Å². The third kappa shape index (κ3) is 4.04. The molecule has 0 aromatic heterocycles. The molecule has 0 radical (unpaired) electrons. The van der Waals surface area contributed by atoms with Crippen LogP contribution in [0.4, 0.5) is 5.69 Å². The molecule has 19 heavy (non-hydrogen) atoms. The maximum atomic E-state index is 6.12. The van der Waals surface area contributed by atoms with Crippen molar-refractivity contribution in [2.75, 3.05) is 36.8 Å². The molecule has 0 bridgehead atoms. The lowest BCUT2D eigenvalue weighted by Crippen LogP contribution is -2.26. The van der Waals surface area contributed by atoms with Crippen molar-refractivity contribution in [1.29, 1.82) is 0 Å². The minimum absolute atomic E-state index is 0.515. The van der Waals surface area contributed by atoms with E-state index in [1.165, 1.54) is 17.7 Å². The maximum Gasteiger partial charge on any atom is 0.0438 e. The average molecular weight is 299 g/mol. The maximum absolute atomic E-state index is 6.12. The summed E-state index contributed by atoms with van der Waals surface area (Å²) in [5, 5.41) is 0.515. The highest BCUT2D eigenvalue weighted by Crippen LogP contribution is 2.34. The van der Waals surface area contributed by atoms with Crippen LogP contribution in [-0.2, 0) is 0 Å². The molecule has 1 heterocycles. The van der Waals surface area contributed by atoms with E-state index in [0.717, 1.165) is 31.9 Å². The molecule has 0 aliphatic carbocycles. The van der Waals surface area contributed by atoms with E-state index >= 15 is 0 Å². The fraction of sp³-hybridized carbons (Fsp3) is 0.600. The van der Waals surface area contributed by atoms with E-state index < -0.39 is 0 Å². The normalized spacial score (nSPS) is 20.5. The van der Waals surface area contributed by atoms with Crippen molar-refractivity contribution in [2.45, 2.75) is 25.5 Å². The molecule has 1 aromatic rings. The fourth-order valence-electron chi connectivity index (χ4n) is 2.46. The lowest BCUT2D eigenvalue weighted by Gasteiger charge is -2.28. The molecular formula is C15H23ClN2S. The van der Waals surface area contributed by atoms with Crippen molar-refractivity contribution in [3.8, 4) is 0 Å². The van der Waals surface area contributed by atoms with Crippen LogP contribution in [0.25, 0.3) is 0 Å². The Morgan fingerprint density at radius 1 is 1.32 bits per heavy atom. The van der Waals surface area contributed by atoms with Crippen LogP contribution < -0.4 is 4.90 Å². The molecule has 0 amide bonds. The largest absolute Gasteiger partial charge is 0.372 e. The van der Waals surface area contributed by atoms with Gasteiger partial charge in [-0.25, -0.2) is 4.42 Å². The van der Waals surface area contributed by atoms with Crippen molar-refractivity contribution in [1.82, 2.24) is 4.42 Å². The van der Waals surface area contributed by atoms with Gasteiger partial charge in [-0.2, -0.15) is 11.8 Å². The molecule has 1 saturated heterocycles. The summed E-state index contributed by atoms with van der Waals surface area (Å²) in [5.41, 5.74) is 2.73. The van der Waals surface area contributed by atoms with Gasteiger partial charge in [0.05, 0.1) is 0 Å². The van der Waals surface area contributed by atoms with Gasteiger partial charge in [0.1, 0.15) is 0 Å². The van der Waals surface area contributed by atoms with Crippen LogP contribution >= 0.6 is 23.5 Å². The van der Waals surface area contributed by atoms with Crippen LogP contribution in [0.2, 0.25) is 0 Å². The Morgan fingerprint density at radius 2 is 2.05 bits per heavy atom. The monoisotopic (exact) mass is 298 g/mol. The molecule has 1 aliphatic rings. The Bertz CT molecular complexity index is 382. The van der Waals surface area contributed by atoms with Gasteiger partial charge in [0.2, 0.25) is 0 Å². The first-order valence-electron chi connectivity index (χ1n) is 7.11. The van der Waals surface area contributed by atoms with Crippen LogP contribution in [-0.4, -0.2) is 36.4 Å². The second-order valence-electron chi connectivity index (χ2n) is 4.90. The van der Waals surface area contributed by atoms with Gasteiger partial charge < -0.3 is 4.90 Å². The van der Waals surface area contributed by atoms with Crippen LogP contribution in [0.1, 0.15) is 31.1 Å². The lowest BCUT2D eigenvalue weighted by molar-refractivity contribution is 0.468. The number of anilines is 1. The molecule has 0 N–H and O–H groups in total. The van der Waals surface area contributed by atoms with Gasteiger partial charge in [0.25, 0.3) is 0 Å². The lowest BCUT2D eigenvalue weighted by atomic mass is 10.1. The highest BCUT2D eigenvalue weighted by Gasteiger charge is 2.20. The standard InChI is InChI=1S/C15H23ClN2S/c1-3-9-17(4-2)14-7-5-13(6-8-14)15-12-18(16)10-11-19-15/h5-8,15H,3-4,9-12H2,1-2H3. The quantitative estimate of drug-likeness (QED) is 0.754. The predicted molar refractivity (Wildman–Crippen MR) is 87.2 cm³/mol. The Balaban J connectivity index is 2.04. The average Bonchev–Trinajstić information content (AvgIpc) is 2.45. The molecule has 1 aromatic carbocycles. The zero-order chi connectivity index (χ0) is 13.7. The first-order valence-corrected chi connectivity index (χ1v) is 8.50. The van der Waals surface area contributed by atoms with Crippen LogP contribution in [0.15, 0.2) is 24.3 Å². The highest BCUT2D eigenvalue weighted by atomic mass is 35.5. The minimum atomic E-state index is 0.515. The van der Waals surface area contributed by atoms with E-state index in [1.54, 1.807) is 0 Å². The van der Waals surface area contributed by atoms with Crippen molar-refractivity contribution >= 4 is 29.2 Å². The molecule has 0 saturated carbocycles. The third-order valence-corrected chi connectivity index (χ3v) is 5.07. The second-order valence-corrected chi connectivity index (χ2v) is 6.69. The Kier molecular flexibility index (Phi) is 5.86. The minimum Gasteiger partial charge on any atom is -0.372 e. The van der Waals surface area contributed by atoms with Gasteiger partial charge in [-0.05, 0) is 42.8 Å². The first kappa shape index (κ1) is 15.0. The molecule has 1 atom stereocenters. The van der Waals surface area contributed by atoms with Gasteiger partial charge >= 0.3 is 0 Å². The highest BCUT2D eigenvalue weighted by molar-refractivity contribution is 7.99. The van der Waals surface area contributed by atoms with E-state index in [4.69, 9.17) is 11.8 Å². The summed E-state index contributed by atoms with van der Waals surface area (Å²) in [6.45, 7) is 8.57. The van der Waals surface area contributed by atoms with Crippen molar-refractivity contribution < 1.29 is 0 Å². The summed E-state index contributed by atoms with van der Waals surface area (Å²) in [4.78, 5) is 2.42. The summed E-state index contributed by atoms with van der Waals surface area (Å²) in [7, 11) is 0. The SMILES string of the molecule is CCCN(CC)c1ccc(C2CN(Cl)CCS2)cc1. The van der Waals surface area contributed by atoms with E-state index in [9.17, 15) is 0 Å². The zero-order valence-corrected chi connectivity index (χ0v) is 13.4. The Morgan fingerprint density at radius 3 is 2.63 bits per heavy atom. The van der Waals surface area contributed by atoms with Crippen molar-refractivity contribution in [3.05, 3.63) is 29.8 Å². The fourth-order valence-corrected chi connectivity index (χ4v) is 4.11. The number of rotatable bonds is 5. The van der Waals surface area contributed by atoms with Gasteiger partial charge in [0.15, 0.2) is 0 Å². The summed E-state index contributed by atoms with van der Waals surface area (Å²) in [6, 6.07) is 9.03. The van der Waals surface area contributed by atoms with E-state index in [2.05, 4.69) is 43.0 Å². The van der Waals surface area contributed by atoms with Gasteiger partial charge in [-0.1, -0.05) is 19.1 Å².